The van der Waals surface area contributed by atoms with Crippen LogP contribution in [0.25, 0.3) is 11.0 Å². The molecule has 1 aromatic carbocycles. The number of imidazole rings is 1. The Bertz CT molecular complexity index is 448. The van der Waals surface area contributed by atoms with Gasteiger partial charge in [-0.15, -0.1) is 0 Å². The van der Waals surface area contributed by atoms with E-state index >= 15 is 0 Å². The molecule has 0 unspecified atom stereocenters. The van der Waals surface area contributed by atoms with Gasteiger partial charge in [-0.3, -0.25) is 0 Å². The number of nitrogens with zero attached hydrogens (tertiary/aromatic N) is 2. The van der Waals surface area contributed by atoms with Crippen LogP contribution in [0.3, 0.4) is 0 Å². The molecule has 0 spiro atoms. The van der Waals surface area contributed by atoms with E-state index in [-0.39, 0.29) is 0 Å². The molecule has 0 atom stereocenters. The summed E-state index contributed by atoms with van der Waals surface area (Å²) in [5.41, 5.74) is 3.22. The van der Waals surface area contributed by atoms with E-state index in [1.165, 1.54) is 0 Å². The van der Waals surface area contributed by atoms with Gasteiger partial charge in [0.25, 0.3) is 0 Å². The third-order valence-electron chi connectivity index (χ3n) is 2.17. The second kappa shape index (κ2) is 3.53. The van der Waals surface area contributed by atoms with E-state index in [9.17, 15) is 0 Å². The molecule has 74 valence electrons. The van der Waals surface area contributed by atoms with Crippen molar-refractivity contribution in [2.75, 3.05) is 19.0 Å². The maximum atomic E-state index is 4.48. The molecule has 0 radical (unpaired) electrons. The number of aromatic nitrogens is 2. The molecule has 0 saturated heterocycles. The molecule has 0 aliphatic rings. The van der Waals surface area contributed by atoms with E-state index in [0.29, 0.717) is 5.75 Å². The minimum atomic E-state index is 0.640. The van der Waals surface area contributed by atoms with E-state index in [0.717, 1.165) is 22.5 Å². The van der Waals surface area contributed by atoms with Crippen LogP contribution >= 0.6 is 12.6 Å². The van der Waals surface area contributed by atoms with Crippen molar-refractivity contribution in [1.82, 2.24) is 9.97 Å². The molecule has 14 heavy (non-hydrogen) atoms. The standard InChI is InChI=1S/C10H13N3S/c1-13(2)8-5-3-4-7-10(8)12-9(6-14)11-7/h3-5,14H,6H2,1-2H3,(H,11,12). The third kappa shape index (κ3) is 1.46. The molecule has 3 nitrogen and oxygen atoms in total. The van der Waals surface area contributed by atoms with Gasteiger partial charge in [-0.05, 0) is 12.1 Å². The molecule has 1 aromatic heterocycles. The fourth-order valence-electron chi connectivity index (χ4n) is 1.50. The molecular weight excluding hydrogens is 194 g/mol. The van der Waals surface area contributed by atoms with E-state index in [1.807, 2.05) is 26.2 Å². The van der Waals surface area contributed by atoms with Gasteiger partial charge < -0.3 is 9.88 Å². The number of aromatic amines is 1. The van der Waals surface area contributed by atoms with Gasteiger partial charge in [-0.1, -0.05) is 6.07 Å². The minimum Gasteiger partial charge on any atom is -0.376 e. The first-order valence-corrected chi connectivity index (χ1v) is 5.11. The van der Waals surface area contributed by atoms with Gasteiger partial charge in [0.1, 0.15) is 11.3 Å². The highest BCUT2D eigenvalue weighted by molar-refractivity contribution is 7.79. The van der Waals surface area contributed by atoms with Gasteiger partial charge in [0.2, 0.25) is 0 Å². The summed E-state index contributed by atoms with van der Waals surface area (Å²) in [5.74, 6) is 1.55. The van der Waals surface area contributed by atoms with Crippen LogP contribution in [0, 0.1) is 0 Å². The van der Waals surface area contributed by atoms with Crippen LogP contribution in [0.1, 0.15) is 5.82 Å². The molecule has 2 aromatic rings. The van der Waals surface area contributed by atoms with Crippen LogP contribution < -0.4 is 4.90 Å². The zero-order valence-electron chi connectivity index (χ0n) is 8.28. The molecule has 0 fully saturated rings. The highest BCUT2D eigenvalue weighted by atomic mass is 32.1. The van der Waals surface area contributed by atoms with Crippen LogP contribution in [0.4, 0.5) is 5.69 Å². The van der Waals surface area contributed by atoms with Gasteiger partial charge in [-0.2, -0.15) is 12.6 Å². The van der Waals surface area contributed by atoms with Crippen molar-refractivity contribution in [3.8, 4) is 0 Å². The predicted molar refractivity (Wildman–Crippen MR) is 63.1 cm³/mol. The molecule has 0 bridgehead atoms. The summed E-state index contributed by atoms with van der Waals surface area (Å²) in [6.45, 7) is 0. The summed E-state index contributed by atoms with van der Waals surface area (Å²) < 4.78 is 0. The van der Waals surface area contributed by atoms with Crippen molar-refractivity contribution in [3.05, 3.63) is 24.0 Å². The number of hydrogen-bond donors (Lipinski definition) is 2. The molecule has 0 aliphatic carbocycles. The van der Waals surface area contributed by atoms with E-state index in [4.69, 9.17) is 0 Å². The average molecular weight is 207 g/mol. The molecule has 0 aliphatic heterocycles. The summed E-state index contributed by atoms with van der Waals surface area (Å²) in [6, 6.07) is 6.12. The van der Waals surface area contributed by atoms with Crippen molar-refractivity contribution < 1.29 is 0 Å². The molecule has 1 heterocycles. The van der Waals surface area contributed by atoms with Crippen molar-refractivity contribution >= 4 is 29.3 Å². The summed E-state index contributed by atoms with van der Waals surface area (Å²) in [7, 11) is 4.04. The first-order valence-electron chi connectivity index (χ1n) is 4.48. The lowest BCUT2D eigenvalue weighted by atomic mass is 10.2. The lowest BCUT2D eigenvalue weighted by Gasteiger charge is -2.11. The van der Waals surface area contributed by atoms with Gasteiger partial charge in [0.05, 0.1) is 11.2 Å². The number of nitrogens with one attached hydrogen (secondary N) is 1. The quantitative estimate of drug-likeness (QED) is 0.739. The number of para-hydroxylation sites is 1. The molecule has 4 heteroatoms. The van der Waals surface area contributed by atoms with E-state index in [1.54, 1.807) is 0 Å². The van der Waals surface area contributed by atoms with Crippen molar-refractivity contribution in [2.45, 2.75) is 5.75 Å². The largest absolute Gasteiger partial charge is 0.376 e. The van der Waals surface area contributed by atoms with Crippen LogP contribution in [0.15, 0.2) is 18.2 Å². The Morgan fingerprint density at radius 3 is 2.86 bits per heavy atom. The van der Waals surface area contributed by atoms with Gasteiger partial charge in [-0.25, -0.2) is 4.98 Å². The van der Waals surface area contributed by atoms with Crippen LogP contribution in [-0.2, 0) is 5.75 Å². The monoisotopic (exact) mass is 207 g/mol. The second-order valence-corrected chi connectivity index (χ2v) is 3.73. The minimum absolute atomic E-state index is 0.640. The number of H-pyrrole nitrogens is 1. The SMILES string of the molecule is CN(C)c1cccc2[nH]c(CS)nc12. The molecule has 0 saturated carbocycles. The second-order valence-electron chi connectivity index (χ2n) is 3.41. The number of benzene rings is 1. The Labute approximate surface area is 88.6 Å². The predicted octanol–water partition coefficient (Wildman–Crippen LogP) is 2.06. The normalized spacial score (nSPS) is 10.8. The van der Waals surface area contributed by atoms with Crippen LogP contribution in [-0.4, -0.2) is 24.1 Å². The molecular formula is C10H13N3S. The summed E-state index contributed by atoms with van der Waals surface area (Å²) in [5, 5.41) is 0. The van der Waals surface area contributed by atoms with Gasteiger partial charge >= 0.3 is 0 Å². The molecule has 0 amide bonds. The maximum Gasteiger partial charge on any atom is 0.117 e. The Balaban J connectivity index is 2.66. The first-order chi connectivity index (χ1) is 6.72. The zero-order chi connectivity index (χ0) is 10.1. The molecule has 2 rings (SSSR count). The van der Waals surface area contributed by atoms with Crippen LogP contribution in [0.5, 0.6) is 0 Å². The summed E-state index contributed by atoms with van der Waals surface area (Å²) in [4.78, 5) is 9.77. The number of rotatable bonds is 2. The number of fused-ring (bicyclic) bond motifs is 1. The van der Waals surface area contributed by atoms with Crippen molar-refractivity contribution in [2.24, 2.45) is 0 Å². The van der Waals surface area contributed by atoms with E-state index in [2.05, 4.69) is 33.6 Å². The lowest BCUT2D eigenvalue weighted by Crippen LogP contribution is -2.08. The average Bonchev–Trinajstić information content (AvgIpc) is 2.59. The summed E-state index contributed by atoms with van der Waals surface area (Å²) >= 11 is 4.20. The topological polar surface area (TPSA) is 31.9 Å². The number of hydrogen-bond acceptors (Lipinski definition) is 3. The fraction of sp³-hybridized carbons (Fsp3) is 0.300. The highest BCUT2D eigenvalue weighted by Gasteiger charge is 2.06. The fourth-order valence-corrected chi connectivity index (χ4v) is 1.65. The smallest absolute Gasteiger partial charge is 0.117 e. The van der Waals surface area contributed by atoms with Crippen LogP contribution in [0.2, 0.25) is 0 Å². The summed E-state index contributed by atoms with van der Waals surface area (Å²) in [6.07, 6.45) is 0. The Hall–Kier alpha value is -1.16. The van der Waals surface area contributed by atoms with Crippen molar-refractivity contribution in [1.29, 1.82) is 0 Å². The lowest BCUT2D eigenvalue weighted by molar-refractivity contribution is 1.12. The number of anilines is 1. The maximum absolute atomic E-state index is 4.48. The first kappa shape index (κ1) is 9.40. The van der Waals surface area contributed by atoms with Gasteiger partial charge in [0.15, 0.2) is 0 Å². The Morgan fingerprint density at radius 1 is 1.43 bits per heavy atom. The highest BCUT2D eigenvalue weighted by Crippen LogP contribution is 2.23. The zero-order valence-corrected chi connectivity index (χ0v) is 9.18. The number of thiol groups is 1. The Morgan fingerprint density at radius 2 is 2.21 bits per heavy atom. The van der Waals surface area contributed by atoms with Crippen molar-refractivity contribution in [3.63, 3.8) is 0 Å². The molecule has 1 N–H and O–H groups in total. The van der Waals surface area contributed by atoms with Gasteiger partial charge in [0, 0.05) is 19.8 Å². The van der Waals surface area contributed by atoms with E-state index < -0.39 is 0 Å². The Kier molecular flexibility index (Phi) is 2.37. The third-order valence-corrected chi connectivity index (χ3v) is 2.47.